The fraction of sp³-hybridized carbons (Fsp3) is 0.167. The molecule has 0 amide bonds. The molecule has 1 aromatic heterocycles. The van der Waals surface area contributed by atoms with Crippen molar-refractivity contribution < 1.29 is 17.2 Å². The number of nitrogens with zero attached hydrogens (tertiary/aromatic N) is 1. The van der Waals surface area contributed by atoms with Crippen LogP contribution >= 0.6 is 44.9 Å². The number of aromatic nitrogens is 1. The molecule has 1 aromatic rings. The summed E-state index contributed by atoms with van der Waals surface area (Å²) in [5.41, 5.74) is -0.602. The Kier molecular flexibility index (Phi) is 4.13. The molecule has 0 N–H and O–H groups in total. The molecule has 0 bridgehead atoms. The number of rotatable bonds is 2. The smallest absolute Gasteiger partial charge is 0.228 e. The van der Waals surface area contributed by atoms with Gasteiger partial charge in [0.05, 0.1) is 5.02 Å². The molecule has 84 valence electrons. The molecule has 0 radical (unpaired) electrons. The lowest BCUT2D eigenvalue weighted by Gasteiger charge is -2.06. The molecule has 0 atom stereocenters. The van der Waals surface area contributed by atoms with Crippen LogP contribution in [0.1, 0.15) is 12.0 Å². The third-order valence-electron chi connectivity index (χ3n) is 1.39. The Bertz CT molecular complexity index is 494. The Morgan fingerprint density at radius 3 is 2.40 bits per heavy atom. The van der Waals surface area contributed by atoms with Crippen LogP contribution in [-0.4, -0.2) is 13.4 Å². The van der Waals surface area contributed by atoms with E-state index in [0.29, 0.717) is 0 Å². The highest BCUT2D eigenvalue weighted by Crippen LogP contribution is 2.33. The second-order valence-electron chi connectivity index (χ2n) is 2.39. The van der Waals surface area contributed by atoms with Crippen LogP contribution in [0.25, 0.3) is 0 Å². The first-order valence-electron chi connectivity index (χ1n) is 3.32. The highest BCUT2D eigenvalue weighted by Gasteiger charge is 2.24. The number of halogens is 5. The van der Waals surface area contributed by atoms with Crippen molar-refractivity contribution in [3.8, 4) is 0 Å². The molecule has 0 fully saturated rings. The minimum atomic E-state index is -4.22. The Morgan fingerprint density at radius 1 is 1.47 bits per heavy atom. The van der Waals surface area contributed by atoms with E-state index in [1.54, 1.807) is 22.6 Å². The molecule has 3 nitrogen and oxygen atoms in total. The van der Waals surface area contributed by atoms with Gasteiger partial charge in [-0.25, -0.2) is 22.2 Å². The quantitative estimate of drug-likeness (QED) is 0.444. The number of alkyl halides is 2. The maximum Gasteiger partial charge on any atom is 0.280 e. The van der Waals surface area contributed by atoms with Gasteiger partial charge in [0.25, 0.3) is 15.5 Å². The van der Waals surface area contributed by atoms with Gasteiger partial charge in [-0.1, -0.05) is 11.6 Å². The van der Waals surface area contributed by atoms with Crippen LogP contribution in [0.5, 0.6) is 0 Å². The summed E-state index contributed by atoms with van der Waals surface area (Å²) in [6.07, 6.45) is -2.88. The van der Waals surface area contributed by atoms with E-state index in [2.05, 4.69) is 4.98 Å². The SMILES string of the molecule is O=S(=O)(Cl)c1nc(I)cc(C(F)F)c1Cl. The van der Waals surface area contributed by atoms with E-state index >= 15 is 0 Å². The Labute approximate surface area is 107 Å². The molecule has 0 aromatic carbocycles. The summed E-state index contributed by atoms with van der Waals surface area (Å²) in [6, 6.07) is 0.999. The third kappa shape index (κ3) is 3.11. The van der Waals surface area contributed by atoms with Crippen molar-refractivity contribution in [1.82, 2.24) is 4.98 Å². The monoisotopic (exact) mass is 387 g/mol. The average molecular weight is 388 g/mol. The van der Waals surface area contributed by atoms with Gasteiger partial charge >= 0.3 is 0 Å². The average Bonchev–Trinajstić information content (AvgIpc) is 2.06. The van der Waals surface area contributed by atoms with Gasteiger partial charge in [-0.2, -0.15) is 0 Å². The maximum absolute atomic E-state index is 12.4. The van der Waals surface area contributed by atoms with Gasteiger partial charge in [0.15, 0.2) is 5.03 Å². The van der Waals surface area contributed by atoms with E-state index in [0.717, 1.165) is 6.07 Å². The van der Waals surface area contributed by atoms with Crippen molar-refractivity contribution >= 4 is 53.9 Å². The molecule has 15 heavy (non-hydrogen) atoms. The predicted molar refractivity (Wildman–Crippen MR) is 60.0 cm³/mol. The van der Waals surface area contributed by atoms with E-state index < -0.39 is 31.1 Å². The zero-order valence-corrected chi connectivity index (χ0v) is 11.2. The van der Waals surface area contributed by atoms with Crippen molar-refractivity contribution in [2.75, 3.05) is 0 Å². The standard InChI is InChI=1S/C6H2Cl2F2INO2S/c7-4-2(5(9)10)1-3(11)12-6(4)15(8,13)14/h1,5H. The molecule has 0 aliphatic rings. The molecule has 0 unspecified atom stereocenters. The molecule has 0 saturated heterocycles. The molecule has 9 heteroatoms. The molecule has 0 spiro atoms. The lowest BCUT2D eigenvalue weighted by Crippen LogP contribution is -2.02. The Morgan fingerprint density at radius 2 is 2.00 bits per heavy atom. The fourth-order valence-electron chi connectivity index (χ4n) is 0.814. The van der Waals surface area contributed by atoms with E-state index in [9.17, 15) is 17.2 Å². The number of hydrogen-bond acceptors (Lipinski definition) is 3. The molecule has 0 saturated carbocycles. The van der Waals surface area contributed by atoms with Crippen molar-refractivity contribution in [2.24, 2.45) is 0 Å². The van der Waals surface area contributed by atoms with E-state index in [-0.39, 0.29) is 3.70 Å². The first-order chi connectivity index (χ1) is 6.73. The number of hydrogen-bond donors (Lipinski definition) is 0. The second kappa shape index (κ2) is 4.64. The number of pyridine rings is 1. The van der Waals surface area contributed by atoms with Crippen LogP contribution in [0.3, 0.4) is 0 Å². The minimum absolute atomic E-state index is 0.0755. The molecular weight excluding hydrogens is 386 g/mol. The highest BCUT2D eigenvalue weighted by atomic mass is 127. The molecule has 0 aliphatic carbocycles. The van der Waals surface area contributed by atoms with Crippen LogP contribution in [0.2, 0.25) is 5.02 Å². The van der Waals surface area contributed by atoms with Crippen molar-refractivity contribution in [2.45, 2.75) is 11.5 Å². The fourth-order valence-corrected chi connectivity index (χ4v) is 3.03. The van der Waals surface area contributed by atoms with Crippen molar-refractivity contribution in [1.29, 1.82) is 0 Å². The largest absolute Gasteiger partial charge is 0.280 e. The van der Waals surface area contributed by atoms with Crippen LogP contribution in [0.15, 0.2) is 11.1 Å². The summed E-state index contributed by atoms with van der Waals surface area (Å²) in [4.78, 5) is 3.49. The first-order valence-corrected chi connectivity index (χ1v) is 7.09. The van der Waals surface area contributed by atoms with E-state index in [4.69, 9.17) is 22.3 Å². The molecule has 1 heterocycles. The van der Waals surface area contributed by atoms with Crippen LogP contribution in [-0.2, 0) is 9.05 Å². The normalized spacial score (nSPS) is 12.1. The lowest BCUT2D eigenvalue weighted by molar-refractivity contribution is 0.151. The summed E-state index contributed by atoms with van der Waals surface area (Å²) < 4.78 is 46.8. The van der Waals surface area contributed by atoms with Gasteiger partial charge in [0.1, 0.15) is 3.70 Å². The van der Waals surface area contributed by atoms with Gasteiger partial charge in [0, 0.05) is 16.2 Å². The second-order valence-corrected chi connectivity index (χ2v) is 6.36. The summed E-state index contributed by atoms with van der Waals surface area (Å²) in [6.45, 7) is 0. The van der Waals surface area contributed by atoms with Gasteiger partial charge in [0.2, 0.25) is 0 Å². The predicted octanol–water partition coefficient (Wildman–Crippen LogP) is 3.20. The van der Waals surface area contributed by atoms with Crippen LogP contribution in [0, 0.1) is 3.70 Å². The van der Waals surface area contributed by atoms with Gasteiger partial charge in [-0.05, 0) is 28.7 Å². The van der Waals surface area contributed by atoms with E-state index in [1.165, 1.54) is 0 Å². The zero-order valence-electron chi connectivity index (χ0n) is 6.72. The topological polar surface area (TPSA) is 47.0 Å². The molecule has 0 aliphatic heterocycles. The van der Waals surface area contributed by atoms with Gasteiger partial charge in [-0.3, -0.25) is 0 Å². The van der Waals surface area contributed by atoms with Gasteiger partial charge in [-0.15, -0.1) is 0 Å². The summed E-state index contributed by atoms with van der Waals surface area (Å²) in [5, 5.41) is -1.38. The lowest BCUT2D eigenvalue weighted by atomic mass is 10.3. The summed E-state index contributed by atoms with van der Waals surface area (Å²) in [7, 11) is 0.769. The van der Waals surface area contributed by atoms with Crippen LogP contribution in [0.4, 0.5) is 8.78 Å². The molecule has 1 rings (SSSR count). The minimum Gasteiger partial charge on any atom is -0.228 e. The Hall–Kier alpha value is 0.270. The van der Waals surface area contributed by atoms with Crippen molar-refractivity contribution in [3.63, 3.8) is 0 Å². The highest BCUT2D eigenvalue weighted by molar-refractivity contribution is 14.1. The zero-order chi connectivity index (χ0) is 11.8. The van der Waals surface area contributed by atoms with Gasteiger partial charge < -0.3 is 0 Å². The maximum atomic E-state index is 12.4. The summed E-state index contributed by atoms with van der Waals surface area (Å²) >= 11 is 7.05. The first kappa shape index (κ1) is 13.3. The Balaban J connectivity index is 3.56. The summed E-state index contributed by atoms with van der Waals surface area (Å²) in [5.74, 6) is 0. The molecular formula is C6H2Cl2F2INO2S. The van der Waals surface area contributed by atoms with Crippen molar-refractivity contribution in [3.05, 3.63) is 20.4 Å². The van der Waals surface area contributed by atoms with Crippen LogP contribution < -0.4 is 0 Å². The van der Waals surface area contributed by atoms with E-state index in [1.807, 2.05) is 0 Å². The third-order valence-corrected chi connectivity index (χ3v) is 3.65.